The van der Waals surface area contributed by atoms with Crippen molar-refractivity contribution in [1.82, 2.24) is 15.5 Å². The number of nitrogens with zero attached hydrogens (tertiary/aromatic N) is 1. The normalized spacial score (nSPS) is 19.1. The van der Waals surface area contributed by atoms with E-state index in [0.29, 0.717) is 18.4 Å². The van der Waals surface area contributed by atoms with Crippen molar-refractivity contribution in [1.29, 1.82) is 0 Å². The van der Waals surface area contributed by atoms with E-state index in [4.69, 9.17) is 0 Å². The van der Waals surface area contributed by atoms with Gasteiger partial charge in [-0.15, -0.1) is 12.4 Å². The van der Waals surface area contributed by atoms with Gasteiger partial charge in [0.05, 0.1) is 6.54 Å². The minimum atomic E-state index is -0.0276. The lowest BCUT2D eigenvalue weighted by Crippen LogP contribution is -2.39. The predicted molar refractivity (Wildman–Crippen MR) is 80.9 cm³/mol. The number of carbonyl (C=O) groups is 2. The number of hydrogen-bond donors (Lipinski definition) is 2. The minimum Gasteiger partial charge on any atom is -0.352 e. The molecule has 2 N–H and O–H groups in total. The van der Waals surface area contributed by atoms with Gasteiger partial charge < -0.3 is 15.5 Å². The van der Waals surface area contributed by atoms with E-state index >= 15 is 0 Å². The van der Waals surface area contributed by atoms with E-state index in [1.165, 1.54) is 12.8 Å². The molecule has 2 aliphatic rings. The Balaban J connectivity index is 0.00000200. The molecule has 0 spiro atoms. The van der Waals surface area contributed by atoms with E-state index in [0.717, 1.165) is 32.4 Å². The fourth-order valence-corrected chi connectivity index (χ4v) is 2.49. The lowest BCUT2D eigenvalue weighted by Gasteiger charge is -2.23. The number of halogens is 1. The fourth-order valence-electron chi connectivity index (χ4n) is 2.49. The second-order valence-electron chi connectivity index (χ2n) is 5.82. The molecule has 0 atom stereocenters. The summed E-state index contributed by atoms with van der Waals surface area (Å²) in [6.45, 7) is 2.33. The smallest absolute Gasteiger partial charge is 0.239 e. The van der Waals surface area contributed by atoms with Crippen molar-refractivity contribution in [3.63, 3.8) is 0 Å². The van der Waals surface area contributed by atoms with Crippen LogP contribution in [0.2, 0.25) is 0 Å². The number of carbonyl (C=O) groups excluding carboxylic acids is 2. The third kappa shape index (κ3) is 6.09. The maximum absolute atomic E-state index is 12.0. The van der Waals surface area contributed by atoms with E-state index in [1.807, 2.05) is 0 Å². The number of hydrogen-bond acceptors (Lipinski definition) is 3. The highest BCUT2D eigenvalue weighted by molar-refractivity contribution is 5.85. The molecule has 2 fully saturated rings. The molecule has 1 heterocycles. The van der Waals surface area contributed by atoms with Crippen LogP contribution in [0.1, 0.15) is 38.5 Å². The molecule has 0 aromatic heterocycles. The summed E-state index contributed by atoms with van der Waals surface area (Å²) in [6.07, 6.45) is 6.02. The maximum atomic E-state index is 12.0. The lowest BCUT2D eigenvalue weighted by molar-refractivity contribution is -0.135. The van der Waals surface area contributed by atoms with E-state index in [-0.39, 0.29) is 30.8 Å². The molecular weight excluding hydrogens is 278 g/mol. The van der Waals surface area contributed by atoms with Crippen LogP contribution in [0.15, 0.2) is 0 Å². The van der Waals surface area contributed by atoms with Crippen LogP contribution in [0, 0.1) is 5.92 Å². The Kier molecular flexibility index (Phi) is 7.30. The Bertz CT molecular complexity index is 328. The van der Waals surface area contributed by atoms with E-state index < -0.39 is 0 Å². The van der Waals surface area contributed by atoms with E-state index in [9.17, 15) is 9.59 Å². The number of likely N-dealkylation sites (N-methyl/N-ethyl adjacent to an activating group) is 1. The first-order chi connectivity index (χ1) is 9.15. The monoisotopic (exact) mass is 303 g/mol. The molecule has 2 rings (SSSR count). The molecule has 5 nitrogen and oxygen atoms in total. The first-order valence-electron chi connectivity index (χ1n) is 7.39. The summed E-state index contributed by atoms with van der Waals surface area (Å²) in [5, 5.41) is 6.23. The molecule has 20 heavy (non-hydrogen) atoms. The molecule has 2 amide bonds. The van der Waals surface area contributed by atoms with Crippen molar-refractivity contribution in [2.45, 2.75) is 44.6 Å². The highest BCUT2D eigenvalue weighted by Gasteiger charge is 2.24. The zero-order valence-electron chi connectivity index (χ0n) is 12.2. The van der Waals surface area contributed by atoms with Crippen molar-refractivity contribution in [3.8, 4) is 0 Å². The molecule has 0 unspecified atom stereocenters. The summed E-state index contributed by atoms with van der Waals surface area (Å²) in [5.74, 6) is 0.726. The van der Waals surface area contributed by atoms with Crippen LogP contribution < -0.4 is 10.6 Å². The van der Waals surface area contributed by atoms with Crippen molar-refractivity contribution < 1.29 is 9.59 Å². The Morgan fingerprint density at radius 3 is 2.45 bits per heavy atom. The molecule has 0 aromatic carbocycles. The molecule has 0 bridgehead atoms. The molecule has 116 valence electrons. The third-order valence-corrected chi connectivity index (χ3v) is 3.97. The zero-order valence-corrected chi connectivity index (χ0v) is 13.0. The van der Waals surface area contributed by atoms with Crippen molar-refractivity contribution >= 4 is 24.2 Å². The Morgan fingerprint density at radius 1 is 1.20 bits per heavy atom. The molecule has 0 aromatic rings. The van der Waals surface area contributed by atoms with Crippen molar-refractivity contribution in [2.24, 2.45) is 5.92 Å². The molecule has 1 aliphatic heterocycles. The average molecular weight is 304 g/mol. The summed E-state index contributed by atoms with van der Waals surface area (Å²) in [5.41, 5.74) is 0. The van der Waals surface area contributed by atoms with Gasteiger partial charge in [-0.1, -0.05) is 0 Å². The number of nitrogens with one attached hydrogen (secondary N) is 2. The summed E-state index contributed by atoms with van der Waals surface area (Å²) < 4.78 is 0. The first-order valence-corrected chi connectivity index (χ1v) is 7.39. The lowest BCUT2D eigenvalue weighted by atomic mass is 9.93. The highest BCUT2D eigenvalue weighted by Crippen LogP contribution is 2.19. The van der Waals surface area contributed by atoms with Crippen LogP contribution in [0.3, 0.4) is 0 Å². The molecule has 1 saturated carbocycles. The minimum absolute atomic E-state index is 0. The Morgan fingerprint density at radius 2 is 1.85 bits per heavy atom. The van der Waals surface area contributed by atoms with Crippen LogP contribution in [0.25, 0.3) is 0 Å². The maximum Gasteiger partial charge on any atom is 0.239 e. The van der Waals surface area contributed by atoms with Crippen LogP contribution in [-0.4, -0.2) is 49.4 Å². The van der Waals surface area contributed by atoms with Gasteiger partial charge in [-0.2, -0.15) is 0 Å². The topological polar surface area (TPSA) is 61.4 Å². The van der Waals surface area contributed by atoms with Gasteiger partial charge in [0.1, 0.15) is 0 Å². The van der Waals surface area contributed by atoms with Crippen LogP contribution >= 0.6 is 12.4 Å². The van der Waals surface area contributed by atoms with Gasteiger partial charge in [0.2, 0.25) is 11.8 Å². The standard InChI is InChI=1S/C14H25N3O2.ClH/c1-17(10-13(18)16-12-3-4-12)14(19)5-2-11-6-8-15-9-7-11;/h11-12,15H,2-10H2,1H3,(H,16,18);1H. The quantitative estimate of drug-likeness (QED) is 0.767. The molecule has 1 aliphatic carbocycles. The number of amides is 2. The van der Waals surface area contributed by atoms with Gasteiger partial charge in [-0.05, 0) is 51.1 Å². The van der Waals surface area contributed by atoms with Crippen LogP contribution in [0.4, 0.5) is 0 Å². The van der Waals surface area contributed by atoms with Gasteiger partial charge in [0.15, 0.2) is 0 Å². The summed E-state index contributed by atoms with van der Waals surface area (Å²) in [7, 11) is 1.72. The largest absolute Gasteiger partial charge is 0.352 e. The van der Waals surface area contributed by atoms with Gasteiger partial charge >= 0.3 is 0 Å². The second kappa shape index (κ2) is 8.47. The van der Waals surface area contributed by atoms with Crippen LogP contribution in [0.5, 0.6) is 0 Å². The third-order valence-electron chi connectivity index (χ3n) is 3.97. The summed E-state index contributed by atoms with van der Waals surface area (Å²) >= 11 is 0. The summed E-state index contributed by atoms with van der Waals surface area (Å²) in [6, 6.07) is 0.366. The molecule has 6 heteroatoms. The van der Waals surface area contributed by atoms with Crippen molar-refractivity contribution in [3.05, 3.63) is 0 Å². The molecule has 0 radical (unpaired) electrons. The zero-order chi connectivity index (χ0) is 13.7. The molecule has 1 saturated heterocycles. The highest BCUT2D eigenvalue weighted by atomic mass is 35.5. The van der Waals surface area contributed by atoms with E-state index in [2.05, 4.69) is 10.6 Å². The van der Waals surface area contributed by atoms with Crippen molar-refractivity contribution in [2.75, 3.05) is 26.7 Å². The Labute approximate surface area is 127 Å². The van der Waals surface area contributed by atoms with Crippen LogP contribution in [-0.2, 0) is 9.59 Å². The number of rotatable bonds is 6. The first kappa shape index (κ1) is 17.2. The van der Waals surface area contributed by atoms with Gasteiger partial charge in [0.25, 0.3) is 0 Å². The molecular formula is C14H26ClN3O2. The van der Waals surface area contributed by atoms with Gasteiger partial charge in [0, 0.05) is 19.5 Å². The fraction of sp³-hybridized carbons (Fsp3) is 0.857. The average Bonchev–Trinajstić information content (AvgIpc) is 3.20. The van der Waals surface area contributed by atoms with Gasteiger partial charge in [-0.3, -0.25) is 9.59 Å². The number of piperidine rings is 1. The van der Waals surface area contributed by atoms with Gasteiger partial charge in [-0.25, -0.2) is 0 Å². The Hall–Kier alpha value is -0.810. The SMILES string of the molecule is CN(CC(=O)NC1CC1)C(=O)CCC1CCNCC1.Cl. The summed E-state index contributed by atoms with van der Waals surface area (Å²) in [4.78, 5) is 25.1. The van der Waals surface area contributed by atoms with E-state index in [1.54, 1.807) is 11.9 Å². The second-order valence-corrected chi connectivity index (χ2v) is 5.82. The predicted octanol–water partition coefficient (Wildman–Crippen LogP) is 0.925.